The zero-order chi connectivity index (χ0) is 15.2. The van der Waals surface area contributed by atoms with Crippen LogP contribution in [-0.2, 0) is 6.54 Å². The highest BCUT2D eigenvalue weighted by molar-refractivity contribution is 7.99. The number of rotatable bonds is 5. The van der Waals surface area contributed by atoms with Crippen LogP contribution in [-0.4, -0.2) is 40.7 Å². The van der Waals surface area contributed by atoms with E-state index in [9.17, 15) is 0 Å². The first kappa shape index (κ1) is 15.5. The molecule has 22 heavy (non-hydrogen) atoms. The number of nitrogens with zero attached hydrogens (tertiary/aromatic N) is 3. The maximum absolute atomic E-state index is 4.31. The Morgan fingerprint density at radius 2 is 2.05 bits per heavy atom. The van der Waals surface area contributed by atoms with Crippen LogP contribution in [0, 0.1) is 6.92 Å². The van der Waals surface area contributed by atoms with Crippen LogP contribution in [0.4, 0.5) is 5.13 Å². The first-order valence-electron chi connectivity index (χ1n) is 7.40. The van der Waals surface area contributed by atoms with E-state index < -0.39 is 0 Å². The van der Waals surface area contributed by atoms with Crippen LogP contribution in [0.25, 0.3) is 0 Å². The molecule has 2 heterocycles. The number of benzene rings is 1. The first-order valence-corrected chi connectivity index (χ1v) is 9.43. The minimum Gasteiger partial charge on any atom is -0.297 e. The van der Waals surface area contributed by atoms with Gasteiger partial charge in [-0.3, -0.25) is 10.3 Å². The average molecular weight is 332 g/mol. The molecular weight excluding hydrogens is 312 g/mol. The average Bonchev–Trinajstić information content (AvgIpc) is 2.96. The molecule has 1 saturated heterocycles. The highest BCUT2D eigenvalue weighted by Gasteiger charge is 2.10. The highest BCUT2D eigenvalue weighted by atomic mass is 32.2. The molecule has 0 saturated carbocycles. The molecule has 0 amide bonds. The molecule has 0 aliphatic carbocycles. The molecule has 1 aliphatic rings. The molecule has 0 atom stereocenters. The summed E-state index contributed by atoms with van der Waals surface area (Å²) in [5.41, 5.74) is 6.44. The lowest BCUT2D eigenvalue weighted by Gasteiger charge is -2.26. The molecule has 1 aromatic carbocycles. The number of aromatic nitrogens is 1. The van der Waals surface area contributed by atoms with Gasteiger partial charge in [0.15, 0.2) is 0 Å². The van der Waals surface area contributed by atoms with E-state index in [-0.39, 0.29) is 0 Å². The summed E-state index contributed by atoms with van der Waals surface area (Å²) in [7, 11) is 0. The van der Waals surface area contributed by atoms with Crippen molar-refractivity contribution in [3.63, 3.8) is 0 Å². The summed E-state index contributed by atoms with van der Waals surface area (Å²) in [5, 5.41) is 7.06. The Hall–Kier alpha value is -1.37. The predicted octanol–water partition coefficient (Wildman–Crippen LogP) is 3.45. The van der Waals surface area contributed by atoms with Crippen LogP contribution >= 0.6 is 23.1 Å². The SMILES string of the molecule is Cc1csc(NN=Cc2ccc(CN3CCSCC3)cc2)n1. The van der Waals surface area contributed by atoms with Crippen molar-refractivity contribution in [1.82, 2.24) is 9.88 Å². The van der Waals surface area contributed by atoms with E-state index in [4.69, 9.17) is 0 Å². The van der Waals surface area contributed by atoms with Crippen molar-refractivity contribution in [2.75, 3.05) is 30.0 Å². The van der Waals surface area contributed by atoms with Crippen molar-refractivity contribution >= 4 is 34.4 Å². The smallest absolute Gasteiger partial charge is 0.203 e. The first-order chi connectivity index (χ1) is 10.8. The number of aryl methyl sites for hydroxylation is 1. The number of hydrazone groups is 1. The van der Waals surface area contributed by atoms with Gasteiger partial charge in [-0.05, 0) is 18.1 Å². The maximum Gasteiger partial charge on any atom is 0.203 e. The van der Waals surface area contributed by atoms with E-state index in [0.29, 0.717) is 0 Å². The fourth-order valence-corrected chi connectivity index (χ4v) is 3.91. The summed E-state index contributed by atoms with van der Waals surface area (Å²) in [4.78, 5) is 6.83. The number of anilines is 1. The quantitative estimate of drug-likeness (QED) is 0.672. The van der Waals surface area contributed by atoms with Crippen LogP contribution < -0.4 is 5.43 Å². The van der Waals surface area contributed by atoms with Gasteiger partial charge in [0.05, 0.1) is 11.9 Å². The van der Waals surface area contributed by atoms with Gasteiger partial charge in [-0.15, -0.1) is 11.3 Å². The third-order valence-electron chi connectivity index (χ3n) is 3.48. The summed E-state index contributed by atoms with van der Waals surface area (Å²) < 4.78 is 0. The second kappa shape index (κ2) is 7.76. The summed E-state index contributed by atoms with van der Waals surface area (Å²) in [6.45, 7) is 5.43. The lowest BCUT2D eigenvalue weighted by molar-refractivity contribution is 0.294. The molecule has 1 N–H and O–H groups in total. The molecule has 3 rings (SSSR count). The van der Waals surface area contributed by atoms with Crippen LogP contribution in [0.3, 0.4) is 0 Å². The van der Waals surface area contributed by atoms with Crippen molar-refractivity contribution in [2.45, 2.75) is 13.5 Å². The summed E-state index contributed by atoms with van der Waals surface area (Å²) in [6, 6.07) is 8.62. The topological polar surface area (TPSA) is 40.5 Å². The lowest BCUT2D eigenvalue weighted by atomic mass is 10.1. The van der Waals surface area contributed by atoms with Gasteiger partial charge in [-0.25, -0.2) is 4.98 Å². The molecule has 116 valence electrons. The van der Waals surface area contributed by atoms with Gasteiger partial charge < -0.3 is 0 Å². The Balaban J connectivity index is 1.52. The Morgan fingerprint density at radius 3 is 2.73 bits per heavy atom. The lowest BCUT2D eigenvalue weighted by Crippen LogP contribution is -2.31. The fraction of sp³-hybridized carbons (Fsp3) is 0.375. The Labute approximate surface area is 139 Å². The standard InChI is InChI=1S/C16H20N4S2/c1-13-12-22-16(18-13)19-17-10-14-2-4-15(5-3-14)11-20-6-8-21-9-7-20/h2-5,10,12H,6-9,11H2,1H3,(H,18,19). The van der Waals surface area contributed by atoms with Gasteiger partial charge in [-0.1, -0.05) is 24.3 Å². The normalized spacial score (nSPS) is 16.2. The molecule has 1 aromatic heterocycles. The Morgan fingerprint density at radius 1 is 1.27 bits per heavy atom. The molecule has 1 fully saturated rings. The third kappa shape index (κ3) is 4.56. The van der Waals surface area contributed by atoms with Gasteiger partial charge in [0.25, 0.3) is 0 Å². The molecule has 4 nitrogen and oxygen atoms in total. The van der Waals surface area contributed by atoms with Crippen molar-refractivity contribution in [2.24, 2.45) is 5.10 Å². The van der Waals surface area contributed by atoms with Crippen LogP contribution in [0.1, 0.15) is 16.8 Å². The molecule has 6 heteroatoms. The van der Waals surface area contributed by atoms with E-state index in [1.807, 2.05) is 18.5 Å². The monoisotopic (exact) mass is 332 g/mol. The van der Waals surface area contributed by atoms with Gasteiger partial charge >= 0.3 is 0 Å². The highest BCUT2D eigenvalue weighted by Crippen LogP contribution is 2.15. The second-order valence-electron chi connectivity index (χ2n) is 5.29. The molecule has 1 aliphatic heterocycles. The summed E-state index contributed by atoms with van der Waals surface area (Å²) >= 11 is 3.61. The molecular formula is C16H20N4S2. The predicted molar refractivity (Wildman–Crippen MR) is 97.1 cm³/mol. The van der Waals surface area contributed by atoms with E-state index in [1.54, 1.807) is 11.3 Å². The number of thiazole rings is 1. The van der Waals surface area contributed by atoms with Crippen molar-refractivity contribution < 1.29 is 0 Å². The van der Waals surface area contributed by atoms with E-state index in [2.05, 4.69) is 56.4 Å². The molecule has 0 radical (unpaired) electrons. The largest absolute Gasteiger partial charge is 0.297 e. The zero-order valence-electron chi connectivity index (χ0n) is 12.7. The minimum absolute atomic E-state index is 0.827. The number of hydrogen-bond donors (Lipinski definition) is 1. The third-order valence-corrected chi connectivity index (χ3v) is 5.29. The van der Waals surface area contributed by atoms with Crippen molar-refractivity contribution in [1.29, 1.82) is 0 Å². The Kier molecular flexibility index (Phi) is 5.48. The molecule has 0 spiro atoms. The van der Waals surface area contributed by atoms with E-state index in [0.717, 1.165) is 22.9 Å². The molecule has 0 unspecified atom stereocenters. The van der Waals surface area contributed by atoms with Gasteiger partial charge in [0.1, 0.15) is 0 Å². The van der Waals surface area contributed by atoms with E-state index >= 15 is 0 Å². The summed E-state index contributed by atoms with van der Waals surface area (Å²) in [5.74, 6) is 2.51. The number of nitrogens with one attached hydrogen (secondary N) is 1. The van der Waals surface area contributed by atoms with Gasteiger partial charge in [-0.2, -0.15) is 16.9 Å². The fourth-order valence-electron chi connectivity index (χ4n) is 2.29. The van der Waals surface area contributed by atoms with Gasteiger partial charge in [0, 0.05) is 36.5 Å². The van der Waals surface area contributed by atoms with Crippen LogP contribution in [0.5, 0.6) is 0 Å². The Bertz CT molecular complexity index is 615. The maximum atomic E-state index is 4.31. The molecule has 0 bridgehead atoms. The minimum atomic E-state index is 0.827. The van der Waals surface area contributed by atoms with Crippen LogP contribution in [0.2, 0.25) is 0 Å². The zero-order valence-corrected chi connectivity index (χ0v) is 14.3. The molecule has 2 aromatic rings. The summed E-state index contributed by atoms with van der Waals surface area (Å²) in [6.07, 6.45) is 1.83. The van der Waals surface area contributed by atoms with E-state index in [1.165, 1.54) is 30.2 Å². The van der Waals surface area contributed by atoms with Crippen molar-refractivity contribution in [3.8, 4) is 0 Å². The second-order valence-corrected chi connectivity index (χ2v) is 7.38. The van der Waals surface area contributed by atoms with Gasteiger partial charge in [0.2, 0.25) is 5.13 Å². The number of hydrogen-bond acceptors (Lipinski definition) is 6. The van der Waals surface area contributed by atoms with Crippen LogP contribution in [0.15, 0.2) is 34.7 Å². The van der Waals surface area contributed by atoms with Crippen molar-refractivity contribution in [3.05, 3.63) is 46.5 Å². The number of thioether (sulfide) groups is 1.